The smallest absolute Gasteiger partial charge is 0.322 e. The van der Waals surface area contributed by atoms with Gasteiger partial charge < -0.3 is 14.7 Å². The molecular formula is C23H19F5N3O6P. The van der Waals surface area contributed by atoms with Crippen LogP contribution in [0.15, 0.2) is 47.3 Å². The predicted octanol–water partition coefficient (Wildman–Crippen LogP) is 4.58. The highest BCUT2D eigenvalue weighted by molar-refractivity contribution is 7.46. The van der Waals surface area contributed by atoms with Gasteiger partial charge >= 0.3 is 14.0 Å². The number of aryl methyl sites for hydroxylation is 1. The third kappa shape index (κ3) is 5.20. The van der Waals surface area contributed by atoms with E-state index in [0.717, 1.165) is 27.7 Å². The van der Waals surface area contributed by atoms with E-state index < -0.39 is 55.0 Å². The lowest BCUT2D eigenvalue weighted by molar-refractivity contribution is -0.140. The molecule has 0 radical (unpaired) electrons. The summed E-state index contributed by atoms with van der Waals surface area (Å²) in [4.78, 5) is 46.2. The van der Waals surface area contributed by atoms with Crippen LogP contribution in [0, 0.1) is 25.5 Å². The van der Waals surface area contributed by atoms with Crippen LogP contribution in [0.2, 0.25) is 0 Å². The summed E-state index contributed by atoms with van der Waals surface area (Å²) < 4.78 is 85.2. The number of phosphoric acid groups is 1. The molecule has 0 unspecified atom stereocenters. The van der Waals surface area contributed by atoms with Crippen molar-refractivity contribution in [1.29, 1.82) is 0 Å². The van der Waals surface area contributed by atoms with Crippen LogP contribution in [0.25, 0.3) is 0 Å². The largest absolute Gasteiger partial charge is 0.471 e. The quantitative estimate of drug-likeness (QED) is 0.348. The maximum absolute atomic E-state index is 14.6. The molecule has 0 saturated heterocycles. The Morgan fingerprint density at radius 3 is 2.21 bits per heavy atom. The van der Waals surface area contributed by atoms with Crippen LogP contribution in [0.3, 0.4) is 0 Å². The lowest BCUT2D eigenvalue weighted by Crippen LogP contribution is -2.46. The van der Waals surface area contributed by atoms with Crippen molar-refractivity contribution in [2.45, 2.75) is 26.8 Å². The molecule has 1 aliphatic rings. The molecule has 9 nitrogen and oxygen atoms in total. The number of carbonyl (C=O) groups excluding carboxylic acids is 1. The number of rotatable bonds is 5. The van der Waals surface area contributed by atoms with Crippen molar-refractivity contribution in [3.05, 3.63) is 86.8 Å². The second kappa shape index (κ2) is 9.62. The standard InChI is InChI=1S/C23H19F5N3O6P/c1-12-7-14(24)3-4-18(12)29-10-30(19-5-6-21(32)31(13(19)2)11-37-38(34,35)36)22(33)15-8-16(23(26,27)28)17(25)9-20(15)29/h3-9H,10-11H2,1-2H3,(H2,34,35,36). The lowest BCUT2D eigenvalue weighted by Gasteiger charge is -2.39. The number of alkyl halides is 3. The van der Waals surface area contributed by atoms with Crippen molar-refractivity contribution in [3.63, 3.8) is 0 Å². The third-order valence-electron chi connectivity index (χ3n) is 5.96. The molecular weight excluding hydrogens is 540 g/mol. The van der Waals surface area contributed by atoms with Gasteiger partial charge in [-0.3, -0.25) is 23.6 Å². The van der Waals surface area contributed by atoms with E-state index in [4.69, 9.17) is 9.79 Å². The van der Waals surface area contributed by atoms with E-state index in [0.29, 0.717) is 17.7 Å². The van der Waals surface area contributed by atoms with E-state index in [2.05, 4.69) is 4.52 Å². The second-order valence-electron chi connectivity index (χ2n) is 8.40. The van der Waals surface area contributed by atoms with Crippen molar-refractivity contribution in [1.82, 2.24) is 4.57 Å². The van der Waals surface area contributed by atoms with Crippen molar-refractivity contribution in [2.75, 3.05) is 16.5 Å². The summed E-state index contributed by atoms with van der Waals surface area (Å²) in [5.74, 6) is -3.17. The summed E-state index contributed by atoms with van der Waals surface area (Å²) >= 11 is 0. The first-order valence-electron chi connectivity index (χ1n) is 10.8. The molecule has 2 heterocycles. The zero-order valence-electron chi connectivity index (χ0n) is 19.7. The first-order chi connectivity index (χ1) is 17.6. The van der Waals surface area contributed by atoms with Crippen LogP contribution in [0.5, 0.6) is 0 Å². The van der Waals surface area contributed by atoms with Gasteiger partial charge in [0.25, 0.3) is 11.5 Å². The van der Waals surface area contributed by atoms with Crippen LogP contribution in [-0.4, -0.2) is 26.9 Å². The highest BCUT2D eigenvalue weighted by atomic mass is 31.2. The predicted molar refractivity (Wildman–Crippen MR) is 125 cm³/mol. The van der Waals surface area contributed by atoms with Crippen molar-refractivity contribution in [3.8, 4) is 0 Å². The SMILES string of the molecule is Cc1cc(F)ccc1N1CN(c2ccc(=O)n(COP(=O)(O)O)c2C)C(=O)c2cc(C(F)(F)F)c(F)cc21. The number of carbonyl (C=O) groups is 1. The van der Waals surface area contributed by atoms with Gasteiger partial charge in [0, 0.05) is 17.4 Å². The second-order valence-corrected chi connectivity index (χ2v) is 9.64. The first kappa shape index (κ1) is 27.5. The normalized spacial score (nSPS) is 14.2. The average Bonchev–Trinajstić information content (AvgIpc) is 2.78. The Balaban J connectivity index is 1.92. The highest BCUT2D eigenvalue weighted by Gasteiger charge is 2.40. The Bertz CT molecular complexity index is 1550. The molecule has 2 N–H and O–H groups in total. The number of halogens is 5. The van der Waals surface area contributed by atoms with E-state index in [-0.39, 0.29) is 29.4 Å². The number of phosphoric ester groups is 1. The minimum Gasteiger partial charge on any atom is -0.322 e. The Hall–Kier alpha value is -3.58. The zero-order chi connectivity index (χ0) is 28.2. The molecule has 3 aromatic rings. The molecule has 0 spiro atoms. The molecule has 0 aliphatic carbocycles. The number of pyridine rings is 1. The first-order valence-corrected chi connectivity index (χ1v) is 12.3. The van der Waals surface area contributed by atoms with E-state index in [1.54, 1.807) is 0 Å². The van der Waals surface area contributed by atoms with Gasteiger partial charge in [-0.15, -0.1) is 0 Å². The Labute approximate surface area is 211 Å². The van der Waals surface area contributed by atoms with E-state index >= 15 is 0 Å². The molecule has 0 atom stereocenters. The van der Waals surface area contributed by atoms with Crippen LogP contribution in [0.1, 0.15) is 27.2 Å². The summed E-state index contributed by atoms with van der Waals surface area (Å²) in [5.41, 5.74) is -2.52. The van der Waals surface area contributed by atoms with Crippen LogP contribution < -0.4 is 15.4 Å². The van der Waals surface area contributed by atoms with Gasteiger partial charge in [-0.05, 0) is 55.8 Å². The molecule has 1 aromatic heterocycles. The fourth-order valence-electron chi connectivity index (χ4n) is 4.16. The molecule has 1 aliphatic heterocycles. The minimum absolute atomic E-state index is 0.00258. The van der Waals surface area contributed by atoms with Gasteiger partial charge in [-0.25, -0.2) is 13.3 Å². The summed E-state index contributed by atoms with van der Waals surface area (Å²) in [6, 6.07) is 6.71. The number of nitrogens with zero attached hydrogens (tertiary/aromatic N) is 3. The number of hydrogen-bond acceptors (Lipinski definition) is 5. The van der Waals surface area contributed by atoms with Gasteiger partial charge in [-0.1, -0.05) is 0 Å². The molecule has 4 rings (SSSR count). The average molecular weight is 559 g/mol. The van der Waals surface area contributed by atoms with Crippen molar-refractivity contribution >= 4 is 30.8 Å². The minimum atomic E-state index is -5.11. The Kier molecular flexibility index (Phi) is 6.95. The summed E-state index contributed by atoms with van der Waals surface area (Å²) in [7, 11) is -4.98. The zero-order valence-corrected chi connectivity index (χ0v) is 20.6. The van der Waals surface area contributed by atoms with Crippen molar-refractivity contribution < 1.29 is 45.6 Å². The Morgan fingerprint density at radius 1 is 0.947 bits per heavy atom. The maximum Gasteiger partial charge on any atom is 0.471 e. The molecule has 38 heavy (non-hydrogen) atoms. The fraction of sp³-hybridized carbons (Fsp3) is 0.217. The van der Waals surface area contributed by atoms with Gasteiger partial charge in [0.2, 0.25) is 0 Å². The van der Waals surface area contributed by atoms with E-state index in [9.17, 15) is 36.1 Å². The highest BCUT2D eigenvalue weighted by Crippen LogP contribution is 2.42. The molecule has 2 aromatic carbocycles. The van der Waals surface area contributed by atoms with Gasteiger partial charge in [0.05, 0.1) is 22.5 Å². The molecule has 1 amide bonds. The fourth-order valence-corrected chi connectivity index (χ4v) is 4.42. The maximum atomic E-state index is 14.6. The third-order valence-corrected chi connectivity index (χ3v) is 6.41. The van der Waals surface area contributed by atoms with Gasteiger partial charge in [0.1, 0.15) is 25.0 Å². The van der Waals surface area contributed by atoms with Crippen LogP contribution >= 0.6 is 7.82 Å². The molecule has 0 fully saturated rings. The number of benzene rings is 2. The number of aromatic nitrogens is 1. The number of amides is 1. The van der Waals surface area contributed by atoms with Gasteiger partial charge in [-0.2, -0.15) is 13.2 Å². The molecule has 202 valence electrons. The number of hydrogen-bond donors (Lipinski definition) is 2. The van der Waals surface area contributed by atoms with Gasteiger partial charge in [0.15, 0.2) is 0 Å². The number of anilines is 3. The summed E-state index contributed by atoms with van der Waals surface area (Å²) in [6.45, 7) is 1.58. The van der Waals surface area contributed by atoms with E-state index in [1.165, 1.54) is 30.9 Å². The molecule has 15 heteroatoms. The summed E-state index contributed by atoms with van der Waals surface area (Å²) in [6.07, 6.45) is -5.11. The van der Waals surface area contributed by atoms with Crippen LogP contribution in [-0.2, 0) is 22.0 Å². The van der Waals surface area contributed by atoms with Crippen LogP contribution in [0.4, 0.5) is 39.0 Å². The topological polar surface area (TPSA) is 112 Å². The number of fused-ring (bicyclic) bond motifs is 1. The molecule has 0 saturated carbocycles. The summed E-state index contributed by atoms with van der Waals surface area (Å²) in [5, 5.41) is 0. The monoisotopic (exact) mass is 559 g/mol. The molecule has 0 bridgehead atoms. The lowest BCUT2D eigenvalue weighted by atomic mass is 10.0. The van der Waals surface area contributed by atoms with Crippen molar-refractivity contribution in [2.24, 2.45) is 0 Å². The van der Waals surface area contributed by atoms with E-state index in [1.807, 2.05) is 0 Å². The Morgan fingerprint density at radius 2 is 1.61 bits per heavy atom.